The third kappa shape index (κ3) is 14.8. The van der Waals surface area contributed by atoms with Gasteiger partial charge in [-0.1, -0.05) is 36.4 Å². The number of aryl methyl sites for hydroxylation is 1. The van der Waals surface area contributed by atoms with Crippen molar-refractivity contribution in [3.63, 3.8) is 0 Å². The van der Waals surface area contributed by atoms with Crippen LogP contribution in [-0.2, 0) is 34.2 Å². The Kier molecular flexibility index (Phi) is 12.8. The number of carboxylic acid groups (broad SMARTS) is 1. The van der Waals surface area contributed by atoms with Gasteiger partial charge in [0.15, 0.2) is 0 Å². The van der Waals surface area contributed by atoms with Gasteiger partial charge in [0.05, 0.1) is 12.9 Å². The number of nitrogens with two attached hydrogens (primary N) is 1. The Morgan fingerprint density at radius 3 is 1.88 bits per heavy atom. The molecular weight excluding hydrogens is 550 g/mol. The number of phenols is 1. The number of phenolic OH excluding ortho intramolecular Hbond substituents is 1. The molecule has 0 saturated heterocycles. The quantitative estimate of drug-likeness (QED) is 0.234. The van der Waals surface area contributed by atoms with Crippen LogP contribution in [0.15, 0.2) is 72.8 Å². The van der Waals surface area contributed by atoms with Gasteiger partial charge in [-0.2, -0.15) is 8.42 Å². The van der Waals surface area contributed by atoms with E-state index in [0.29, 0.717) is 31.0 Å². The van der Waals surface area contributed by atoms with E-state index in [-0.39, 0.29) is 17.0 Å². The van der Waals surface area contributed by atoms with Gasteiger partial charge in [-0.25, -0.2) is 0 Å². The van der Waals surface area contributed by atoms with Gasteiger partial charge < -0.3 is 24.9 Å². The lowest BCUT2D eigenvalue weighted by Crippen LogP contribution is -2.26. The molecule has 0 bridgehead atoms. The maximum Gasteiger partial charge on any atom is 0.316 e. The maximum absolute atomic E-state index is 11.7. The van der Waals surface area contributed by atoms with E-state index in [1.807, 2.05) is 57.2 Å². The molecule has 218 valence electrons. The first-order valence-electron chi connectivity index (χ1n) is 12.8. The lowest BCUT2D eigenvalue weighted by atomic mass is 10.1. The van der Waals surface area contributed by atoms with Crippen LogP contribution in [0.25, 0.3) is 0 Å². The summed E-state index contributed by atoms with van der Waals surface area (Å²) in [6, 6.07) is 21.2. The Morgan fingerprint density at radius 1 is 0.875 bits per heavy atom. The average Bonchev–Trinajstić information content (AvgIpc) is 2.84. The molecule has 1 atom stereocenters. The summed E-state index contributed by atoms with van der Waals surface area (Å²) >= 11 is 1.42. The molecule has 3 rings (SSSR count). The molecule has 3 aromatic carbocycles. The zero-order valence-corrected chi connectivity index (χ0v) is 25.0. The maximum atomic E-state index is 11.7. The number of rotatable bonds is 13. The van der Waals surface area contributed by atoms with Crippen LogP contribution in [0.3, 0.4) is 0 Å². The molecule has 3 aromatic rings. The molecule has 0 aliphatic rings. The molecule has 10 heteroatoms. The van der Waals surface area contributed by atoms with E-state index < -0.39 is 21.3 Å². The third-order valence-corrected chi connectivity index (χ3v) is 6.80. The summed E-state index contributed by atoms with van der Waals surface area (Å²) in [5.74, 6) is 0.907. The number of aromatic hydroxyl groups is 1. The number of ether oxygens (including phenoxy) is 1. The van der Waals surface area contributed by atoms with Crippen LogP contribution in [0.2, 0.25) is 0 Å². The molecule has 0 amide bonds. The summed E-state index contributed by atoms with van der Waals surface area (Å²) in [4.78, 5) is 11.7. The molecule has 0 heterocycles. The van der Waals surface area contributed by atoms with E-state index in [4.69, 9.17) is 14.7 Å². The topological polar surface area (TPSA) is 136 Å². The van der Waals surface area contributed by atoms with Crippen LogP contribution in [0.5, 0.6) is 17.2 Å². The van der Waals surface area contributed by atoms with Crippen molar-refractivity contribution in [1.82, 2.24) is 0 Å². The van der Waals surface area contributed by atoms with E-state index in [2.05, 4.69) is 0 Å². The van der Waals surface area contributed by atoms with Gasteiger partial charge in [0.1, 0.15) is 22.5 Å². The van der Waals surface area contributed by atoms with Gasteiger partial charge in [0.25, 0.3) is 0 Å². The van der Waals surface area contributed by atoms with Crippen molar-refractivity contribution in [3.05, 3.63) is 89.5 Å². The average molecular weight is 590 g/mol. The fraction of sp³-hybridized carbons (Fsp3) is 0.367. The second-order valence-electron chi connectivity index (χ2n) is 10.4. The van der Waals surface area contributed by atoms with Crippen LogP contribution >= 0.6 is 11.8 Å². The number of carbonyl (C=O) groups is 1. The summed E-state index contributed by atoms with van der Waals surface area (Å²) < 4.78 is 32.8. The van der Waals surface area contributed by atoms with Gasteiger partial charge in [0.2, 0.25) is 0 Å². The number of aliphatic carboxylic acids is 1. The monoisotopic (exact) mass is 589 g/mol. The molecule has 40 heavy (non-hydrogen) atoms. The highest BCUT2D eigenvalue weighted by Crippen LogP contribution is 2.21. The SMILES string of the molecule is CC(C)(C)N.CS(=O)(=O)Oc1ccc(OCCc2ccc(CC(SCCc3ccc(O)cc3)C(=O)O)cc2)cc1. The standard InChI is InChI=1S/C26H28O7S2.C4H11N/c1-35(30,31)33-24-12-10-23(11-13-24)32-16-14-19-2-4-21(5-3-19)18-25(26(28)29)34-17-15-20-6-8-22(27)9-7-20;1-4(2,3)5/h2-13,25,27H,14-18H2,1H3,(H,28,29);5H2,1-3H3. The number of carboxylic acids is 1. The number of benzene rings is 3. The molecule has 0 aromatic heterocycles. The van der Waals surface area contributed by atoms with Gasteiger partial charge >= 0.3 is 16.1 Å². The lowest BCUT2D eigenvalue weighted by molar-refractivity contribution is -0.136. The van der Waals surface area contributed by atoms with Crippen molar-refractivity contribution >= 4 is 27.8 Å². The molecule has 0 fully saturated rings. The first-order chi connectivity index (χ1) is 18.7. The third-order valence-electron chi connectivity index (χ3n) is 5.10. The fourth-order valence-electron chi connectivity index (χ4n) is 3.31. The highest BCUT2D eigenvalue weighted by Gasteiger charge is 2.18. The Bertz CT molecular complexity index is 1280. The molecule has 0 aliphatic heterocycles. The van der Waals surface area contributed by atoms with Gasteiger partial charge in [-0.05, 0) is 92.5 Å². The van der Waals surface area contributed by atoms with Crippen LogP contribution in [0.1, 0.15) is 37.5 Å². The van der Waals surface area contributed by atoms with Gasteiger partial charge in [-0.15, -0.1) is 11.8 Å². The predicted octanol–water partition coefficient (Wildman–Crippen LogP) is 5.07. The van der Waals surface area contributed by atoms with E-state index in [0.717, 1.165) is 29.4 Å². The molecule has 0 spiro atoms. The molecule has 8 nitrogen and oxygen atoms in total. The van der Waals surface area contributed by atoms with Crippen molar-refractivity contribution in [3.8, 4) is 17.2 Å². The first-order valence-corrected chi connectivity index (χ1v) is 15.7. The Balaban J connectivity index is 0.00000103. The van der Waals surface area contributed by atoms with Gasteiger partial charge in [-0.3, -0.25) is 4.79 Å². The summed E-state index contributed by atoms with van der Waals surface area (Å²) in [5.41, 5.74) is 8.44. The second kappa shape index (κ2) is 15.5. The highest BCUT2D eigenvalue weighted by molar-refractivity contribution is 8.00. The van der Waals surface area contributed by atoms with Crippen molar-refractivity contribution in [2.45, 2.75) is 50.8 Å². The zero-order chi connectivity index (χ0) is 29.8. The van der Waals surface area contributed by atoms with E-state index >= 15 is 0 Å². The van der Waals surface area contributed by atoms with Crippen molar-refractivity contribution in [2.24, 2.45) is 5.73 Å². The van der Waals surface area contributed by atoms with Crippen LogP contribution in [-0.4, -0.2) is 54.0 Å². The Labute approximate surface area is 241 Å². The molecule has 0 saturated carbocycles. The van der Waals surface area contributed by atoms with Crippen molar-refractivity contribution in [2.75, 3.05) is 18.6 Å². The minimum absolute atomic E-state index is 0. The van der Waals surface area contributed by atoms with E-state index in [9.17, 15) is 23.4 Å². The molecule has 4 N–H and O–H groups in total. The first kappa shape index (κ1) is 33.0. The largest absolute Gasteiger partial charge is 0.508 e. The minimum atomic E-state index is -3.56. The minimum Gasteiger partial charge on any atom is -0.508 e. The number of hydrogen-bond donors (Lipinski definition) is 3. The fourth-order valence-corrected chi connectivity index (χ4v) is 4.86. The van der Waals surface area contributed by atoms with E-state index in [1.165, 1.54) is 23.9 Å². The summed E-state index contributed by atoms with van der Waals surface area (Å²) in [5, 5.41) is 18.4. The van der Waals surface area contributed by atoms with Crippen molar-refractivity contribution in [1.29, 1.82) is 0 Å². The van der Waals surface area contributed by atoms with Crippen LogP contribution < -0.4 is 14.7 Å². The number of hydrogen-bond acceptors (Lipinski definition) is 8. The highest BCUT2D eigenvalue weighted by atomic mass is 32.2. The Morgan fingerprint density at radius 2 is 1.35 bits per heavy atom. The van der Waals surface area contributed by atoms with Crippen LogP contribution in [0.4, 0.5) is 0 Å². The summed E-state index contributed by atoms with van der Waals surface area (Å²) in [6.45, 7) is 6.34. The summed E-state index contributed by atoms with van der Waals surface area (Å²) in [6.07, 6.45) is 2.84. The Hall–Kier alpha value is -3.21. The van der Waals surface area contributed by atoms with Gasteiger partial charge in [0, 0.05) is 12.0 Å². The zero-order valence-electron chi connectivity index (χ0n) is 23.4. The smallest absolute Gasteiger partial charge is 0.316 e. The molecular formula is C30H39NO7S2. The van der Waals surface area contributed by atoms with Crippen molar-refractivity contribution < 1.29 is 32.3 Å². The second-order valence-corrected chi connectivity index (χ2v) is 13.2. The number of thioether (sulfide) groups is 1. The normalized spacial score (nSPS) is 12.1. The predicted molar refractivity (Wildman–Crippen MR) is 161 cm³/mol. The molecule has 0 radical (unpaired) electrons. The molecule has 1 unspecified atom stereocenters. The lowest BCUT2D eigenvalue weighted by Gasteiger charge is -2.13. The molecule has 0 aliphatic carbocycles. The van der Waals surface area contributed by atoms with E-state index in [1.54, 1.807) is 24.3 Å². The summed E-state index contributed by atoms with van der Waals surface area (Å²) in [7, 11) is -3.56. The van der Waals surface area contributed by atoms with Crippen LogP contribution in [0, 0.1) is 0 Å².